The summed E-state index contributed by atoms with van der Waals surface area (Å²) in [7, 11) is 1.34. The number of hydrogen-bond donors (Lipinski definition) is 1. The van der Waals surface area contributed by atoms with Gasteiger partial charge in [-0.2, -0.15) is 0 Å². The van der Waals surface area contributed by atoms with Crippen LogP contribution in [0.2, 0.25) is 5.02 Å². The lowest BCUT2D eigenvalue weighted by Crippen LogP contribution is -2.27. The summed E-state index contributed by atoms with van der Waals surface area (Å²) >= 11 is 5.89. The lowest BCUT2D eigenvalue weighted by atomic mass is 10.2. The van der Waals surface area contributed by atoms with Crippen LogP contribution < -0.4 is 5.32 Å². The number of ether oxygens (including phenoxy) is 1. The predicted octanol–water partition coefficient (Wildman–Crippen LogP) is 3.02. The Morgan fingerprint density at radius 3 is 2.40 bits per heavy atom. The van der Waals surface area contributed by atoms with Gasteiger partial charge in [0.1, 0.15) is 6.61 Å². The van der Waals surface area contributed by atoms with Gasteiger partial charge in [-0.3, -0.25) is 4.79 Å². The number of halogens is 2. The third-order valence-electron chi connectivity index (χ3n) is 2.13. The zero-order valence-electron chi connectivity index (χ0n) is 11.2. The zero-order valence-corrected chi connectivity index (χ0v) is 13.6. The fourth-order valence-electron chi connectivity index (χ4n) is 1.22. The maximum absolute atomic E-state index is 11.7. The summed E-state index contributed by atoms with van der Waals surface area (Å²) in [5.41, 5.74) is -0.143. The molecule has 0 radical (unpaired) electrons. The number of carbonyl (C=O) groups excluding carboxylic acids is 1. The van der Waals surface area contributed by atoms with Gasteiger partial charge in [0, 0.05) is 10.7 Å². The SMILES string of the molecule is CC(C)(C)OCC(=O)Nc1ccc(S(=O)(=O)Cl)cc1Cl. The van der Waals surface area contributed by atoms with E-state index in [4.69, 9.17) is 27.0 Å². The van der Waals surface area contributed by atoms with Gasteiger partial charge >= 0.3 is 0 Å². The van der Waals surface area contributed by atoms with Crippen LogP contribution in [0, 0.1) is 0 Å². The highest BCUT2D eigenvalue weighted by molar-refractivity contribution is 8.13. The minimum absolute atomic E-state index is 0.0795. The average Bonchev–Trinajstić information content (AvgIpc) is 2.27. The summed E-state index contributed by atoms with van der Waals surface area (Å²) in [5, 5.41) is 2.61. The largest absolute Gasteiger partial charge is 0.366 e. The summed E-state index contributed by atoms with van der Waals surface area (Å²) < 4.78 is 27.6. The number of rotatable bonds is 4. The quantitative estimate of drug-likeness (QED) is 0.855. The van der Waals surface area contributed by atoms with E-state index in [1.54, 1.807) is 0 Å². The van der Waals surface area contributed by atoms with Gasteiger partial charge in [-0.05, 0) is 39.0 Å². The van der Waals surface area contributed by atoms with E-state index in [-0.39, 0.29) is 22.4 Å². The van der Waals surface area contributed by atoms with Crippen LogP contribution in [0.3, 0.4) is 0 Å². The molecule has 0 saturated carbocycles. The van der Waals surface area contributed by atoms with E-state index in [9.17, 15) is 13.2 Å². The van der Waals surface area contributed by atoms with Crippen molar-refractivity contribution in [3.8, 4) is 0 Å². The van der Waals surface area contributed by atoms with Gasteiger partial charge in [0.15, 0.2) is 0 Å². The first-order chi connectivity index (χ1) is 8.99. The molecule has 0 heterocycles. The Bertz CT molecular complexity index is 608. The first-order valence-corrected chi connectivity index (χ1v) is 8.36. The molecule has 0 spiro atoms. The molecule has 20 heavy (non-hydrogen) atoms. The van der Waals surface area contributed by atoms with Crippen molar-refractivity contribution in [1.82, 2.24) is 0 Å². The highest BCUT2D eigenvalue weighted by atomic mass is 35.7. The highest BCUT2D eigenvalue weighted by Crippen LogP contribution is 2.26. The maximum Gasteiger partial charge on any atom is 0.261 e. The van der Waals surface area contributed by atoms with Crippen LogP contribution in [-0.4, -0.2) is 26.5 Å². The molecule has 0 unspecified atom stereocenters. The summed E-state index contributed by atoms with van der Waals surface area (Å²) in [6, 6.07) is 3.80. The zero-order chi connectivity index (χ0) is 15.6. The number of carbonyl (C=O) groups is 1. The Morgan fingerprint density at radius 2 is 1.95 bits per heavy atom. The number of benzene rings is 1. The van der Waals surface area contributed by atoms with Gasteiger partial charge in [0.2, 0.25) is 5.91 Å². The molecule has 8 heteroatoms. The Hall–Kier alpha value is -0.820. The Morgan fingerprint density at radius 1 is 1.35 bits per heavy atom. The van der Waals surface area contributed by atoms with E-state index in [0.29, 0.717) is 5.69 Å². The van der Waals surface area contributed by atoms with Gasteiger partial charge in [-0.25, -0.2) is 8.42 Å². The minimum atomic E-state index is -3.85. The topological polar surface area (TPSA) is 72.5 Å². The predicted molar refractivity (Wildman–Crippen MR) is 78.8 cm³/mol. The molecule has 112 valence electrons. The Balaban J connectivity index is 2.77. The molecular weight excluding hydrogens is 325 g/mol. The van der Waals surface area contributed by atoms with Crippen LogP contribution in [-0.2, 0) is 18.6 Å². The minimum Gasteiger partial charge on any atom is -0.366 e. The molecule has 1 aromatic rings. The normalized spacial score (nSPS) is 12.2. The lowest BCUT2D eigenvalue weighted by molar-refractivity contribution is -0.125. The van der Waals surface area contributed by atoms with Crippen LogP contribution in [0.15, 0.2) is 23.1 Å². The van der Waals surface area contributed by atoms with Crippen LogP contribution in [0.5, 0.6) is 0 Å². The molecule has 1 N–H and O–H groups in total. The van der Waals surface area contributed by atoms with E-state index in [1.165, 1.54) is 18.2 Å². The average molecular weight is 340 g/mol. The van der Waals surface area contributed by atoms with Gasteiger partial charge in [-0.15, -0.1) is 0 Å². The Kier molecular flexibility index (Phi) is 5.43. The second kappa shape index (κ2) is 6.30. The molecule has 0 fully saturated rings. The van der Waals surface area contributed by atoms with Crippen molar-refractivity contribution in [2.75, 3.05) is 11.9 Å². The molecular formula is C12H15Cl2NO4S. The molecule has 1 aromatic carbocycles. The van der Waals surface area contributed by atoms with Crippen molar-refractivity contribution in [1.29, 1.82) is 0 Å². The maximum atomic E-state index is 11.7. The third kappa shape index (κ3) is 5.66. The second-order valence-electron chi connectivity index (χ2n) is 5.03. The molecule has 0 atom stereocenters. The van der Waals surface area contributed by atoms with Crippen LogP contribution in [0.4, 0.5) is 5.69 Å². The van der Waals surface area contributed by atoms with Gasteiger partial charge in [0.25, 0.3) is 9.05 Å². The van der Waals surface area contributed by atoms with Crippen LogP contribution in [0.1, 0.15) is 20.8 Å². The van der Waals surface area contributed by atoms with Crippen molar-refractivity contribution in [2.45, 2.75) is 31.3 Å². The number of nitrogens with one attached hydrogen (secondary N) is 1. The number of amides is 1. The van der Waals surface area contributed by atoms with E-state index >= 15 is 0 Å². The fourth-order valence-corrected chi connectivity index (χ4v) is 2.29. The monoisotopic (exact) mass is 339 g/mol. The molecule has 0 aliphatic rings. The number of hydrogen-bond acceptors (Lipinski definition) is 4. The molecule has 0 saturated heterocycles. The first kappa shape index (κ1) is 17.2. The molecule has 1 amide bonds. The van der Waals surface area contributed by atoms with E-state index in [2.05, 4.69) is 5.32 Å². The van der Waals surface area contributed by atoms with E-state index < -0.39 is 14.7 Å². The van der Waals surface area contributed by atoms with Gasteiger partial charge in [0.05, 0.1) is 21.2 Å². The summed E-state index contributed by atoms with van der Waals surface area (Å²) in [6.07, 6.45) is 0. The summed E-state index contributed by atoms with van der Waals surface area (Å²) in [4.78, 5) is 11.5. The molecule has 0 aromatic heterocycles. The number of anilines is 1. The van der Waals surface area contributed by atoms with Crippen molar-refractivity contribution in [3.05, 3.63) is 23.2 Å². The fraction of sp³-hybridized carbons (Fsp3) is 0.417. The lowest BCUT2D eigenvalue weighted by Gasteiger charge is -2.19. The standard InChI is InChI=1S/C12H15Cl2NO4S/c1-12(2,3)19-7-11(16)15-10-5-4-8(6-9(10)13)20(14,17)18/h4-6H,7H2,1-3H3,(H,15,16). The highest BCUT2D eigenvalue weighted by Gasteiger charge is 2.15. The van der Waals surface area contributed by atoms with Crippen LogP contribution >= 0.6 is 22.3 Å². The van der Waals surface area contributed by atoms with Crippen molar-refractivity contribution < 1.29 is 17.9 Å². The summed E-state index contributed by atoms with van der Waals surface area (Å²) in [6.45, 7) is 5.35. The molecule has 0 aliphatic carbocycles. The molecule has 0 aliphatic heterocycles. The van der Waals surface area contributed by atoms with E-state index in [1.807, 2.05) is 20.8 Å². The molecule has 1 rings (SSSR count). The molecule has 5 nitrogen and oxygen atoms in total. The van der Waals surface area contributed by atoms with Crippen molar-refractivity contribution in [2.24, 2.45) is 0 Å². The van der Waals surface area contributed by atoms with Crippen molar-refractivity contribution >= 4 is 42.9 Å². The third-order valence-corrected chi connectivity index (χ3v) is 3.80. The van der Waals surface area contributed by atoms with E-state index in [0.717, 1.165) is 0 Å². The summed E-state index contributed by atoms with van der Waals surface area (Å²) in [5.74, 6) is -0.386. The van der Waals surface area contributed by atoms with Gasteiger partial charge in [-0.1, -0.05) is 11.6 Å². The Labute approximate surface area is 127 Å². The van der Waals surface area contributed by atoms with Crippen molar-refractivity contribution in [3.63, 3.8) is 0 Å². The smallest absolute Gasteiger partial charge is 0.261 e. The van der Waals surface area contributed by atoms with Crippen LogP contribution in [0.25, 0.3) is 0 Å². The van der Waals surface area contributed by atoms with Gasteiger partial charge < -0.3 is 10.1 Å². The first-order valence-electron chi connectivity index (χ1n) is 5.67. The second-order valence-corrected chi connectivity index (χ2v) is 8.00. The molecule has 0 bridgehead atoms.